The molecule has 5 heteroatoms. The molecule has 1 aromatic carbocycles. The van der Waals surface area contributed by atoms with E-state index in [1.165, 1.54) is 12.3 Å². The normalized spacial score (nSPS) is 12.2. The highest BCUT2D eigenvalue weighted by Gasteiger charge is 2.11. The van der Waals surface area contributed by atoms with Crippen LogP contribution in [0.4, 0.5) is 10.2 Å². The predicted molar refractivity (Wildman–Crippen MR) is 69.1 cm³/mol. The van der Waals surface area contributed by atoms with Gasteiger partial charge in [-0.05, 0) is 18.2 Å². The molecular formula is C13H12ClFN2O. The predicted octanol–water partition coefficient (Wildman–Crippen LogP) is 3.02. The van der Waals surface area contributed by atoms with Gasteiger partial charge in [0, 0.05) is 18.3 Å². The number of aliphatic hydroxyl groups is 1. The first-order chi connectivity index (χ1) is 8.66. The summed E-state index contributed by atoms with van der Waals surface area (Å²) in [4.78, 5) is 4.02. The Kier molecular flexibility index (Phi) is 4.12. The van der Waals surface area contributed by atoms with Crippen molar-refractivity contribution in [2.24, 2.45) is 0 Å². The smallest absolute Gasteiger partial charge is 0.129 e. The highest BCUT2D eigenvalue weighted by Crippen LogP contribution is 2.17. The van der Waals surface area contributed by atoms with Gasteiger partial charge in [0.15, 0.2) is 0 Å². The lowest BCUT2D eigenvalue weighted by molar-refractivity contribution is 0.186. The number of nitrogens with one attached hydrogen (secondary N) is 1. The summed E-state index contributed by atoms with van der Waals surface area (Å²) in [6.45, 7) is 0.176. The maximum absolute atomic E-state index is 13.4. The molecule has 0 radical (unpaired) electrons. The number of hydrogen-bond acceptors (Lipinski definition) is 3. The lowest BCUT2D eigenvalue weighted by Crippen LogP contribution is -2.14. The molecule has 2 rings (SSSR count). The first-order valence-corrected chi connectivity index (χ1v) is 5.82. The standard InChI is InChI=1S/C13H12ClFN2O/c14-9-5-6-13(16-7-9)17-8-12(18)10-3-1-2-4-11(10)15/h1-7,12,18H,8H2,(H,16,17). The molecule has 1 unspecified atom stereocenters. The van der Waals surface area contributed by atoms with Crippen molar-refractivity contribution in [3.63, 3.8) is 0 Å². The van der Waals surface area contributed by atoms with Crippen LogP contribution in [0.2, 0.25) is 5.02 Å². The molecule has 0 saturated carbocycles. The van der Waals surface area contributed by atoms with Crippen molar-refractivity contribution in [3.05, 3.63) is 59.0 Å². The van der Waals surface area contributed by atoms with Gasteiger partial charge in [0.05, 0.1) is 11.1 Å². The molecule has 0 fully saturated rings. The van der Waals surface area contributed by atoms with Crippen LogP contribution in [0.15, 0.2) is 42.6 Å². The van der Waals surface area contributed by atoms with E-state index < -0.39 is 11.9 Å². The van der Waals surface area contributed by atoms with Crippen molar-refractivity contribution < 1.29 is 9.50 Å². The zero-order chi connectivity index (χ0) is 13.0. The number of nitrogens with zero attached hydrogens (tertiary/aromatic N) is 1. The van der Waals surface area contributed by atoms with Crippen LogP contribution in [0, 0.1) is 5.82 Å². The van der Waals surface area contributed by atoms with Crippen LogP contribution in [0.25, 0.3) is 0 Å². The minimum atomic E-state index is -0.927. The van der Waals surface area contributed by atoms with E-state index in [0.29, 0.717) is 10.8 Å². The summed E-state index contributed by atoms with van der Waals surface area (Å²) in [6, 6.07) is 9.51. The van der Waals surface area contributed by atoms with Crippen LogP contribution < -0.4 is 5.32 Å². The van der Waals surface area contributed by atoms with Gasteiger partial charge < -0.3 is 10.4 Å². The Morgan fingerprint density at radius 3 is 2.72 bits per heavy atom. The summed E-state index contributed by atoms with van der Waals surface area (Å²) in [5.74, 6) is 0.158. The topological polar surface area (TPSA) is 45.1 Å². The number of pyridine rings is 1. The summed E-state index contributed by atoms with van der Waals surface area (Å²) in [5.41, 5.74) is 0.263. The zero-order valence-corrected chi connectivity index (χ0v) is 10.2. The van der Waals surface area contributed by atoms with Gasteiger partial charge in [0.1, 0.15) is 11.6 Å². The molecule has 0 aliphatic rings. The van der Waals surface area contributed by atoms with Crippen molar-refractivity contribution in [3.8, 4) is 0 Å². The average molecular weight is 267 g/mol. The Labute approximate surface area is 109 Å². The molecule has 1 atom stereocenters. The Morgan fingerprint density at radius 1 is 1.28 bits per heavy atom. The first kappa shape index (κ1) is 12.8. The maximum atomic E-state index is 13.4. The van der Waals surface area contributed by atoms with E-state index in [-0.39, 0.29) is 12.1 Å². The number of rotatable bonds is 4. The molecule has 1 heterocycles. The second-order valence-corrected chi connectivity index (χ2v) is 4.22. The van der Waals surface area contributed by atoms with Gasteiger partial charge in [0.2, 0.25) is 0 Å². The quantitative estimate of drug-likeness (QED) is 0.894. The Bertz CT molecular complexity index is 519. The fraction of sp³-hybridized carbons (Fsp3) is 0.154. The third-order valence-corrected chi connectivity index (χ3v) is 2.69. The maximum Gasteiger partial charge on any atom is 0.129 e. The number of benzene rings is 1. The minimum Gasteiger partial charge on any atom is -0.386 e. The molecule has 0 amide bonds. The van der Waals surface area contributed by atoms with Gasteiger partial charge in [-0.2, -0.15) is 0 Å². The second kappa shape index (κ2) is 5.80. The van der Waals surface area contributed by atoms with Crippen molar-refractivity contribution in [2.75, 3.05) is 11.9 Å². The van der Waals surface area contributed by atoms with Crippen molar-refractivity contribution >= 4 is 17.4 Å². The summed E-state index contributed by atoms with van der Waals surface area (Å²) in [7, 11) is 0. The molecule has 3 nitrogen and oxygen atoms in total. The summed E-state index contributed by atoms with van der Waals surface area (Å²) in [6.07, 6.45) is 0.572. The molecule has 0 spiro atoms. The van der Waals surface area contributed by atoms with E-state index in [2.05, 4.69) is 10.3 Å². The number of aromatic nitrogens is 1. The fourth-order valence-electron chi connectivity index (χ4n) is 1.54. The first-order valence-electron chi connectivity index (χ1n) is 5.45. The molecule has 2 aromatic rings. The monoisotopic (exact) mass is 266 g/mol. The summed E-state index contributed by atoms with van der Waals surface area (Å²) in [5, 5.41) is 13.3. The largest absolute Gasteiger partial charge is 0.386 e. The highest BCUT2D eigenvalue weighted by molar-refractivity contribution is 6.30. The van der Waals surface area contributed by atoms with Crippen LogP contribution in [0.1, 0.15) is 11.7 Å². The SMILES string of the molecule is OC(CNc1ccc(Cl)cn1)c1ccccc1F. The number of aliphatic hydroxyl groups excluding tert-OH is 1. The van der Waals surface area contributed by atoms with E-state index in [1.807, 2.05) is 0 Å². The van der Waals surface area contributed by atoms with Crippen LogP contribution >= 0.6 is 11.6 Å². The van der Waals surface area contributed by atoms with Gasteiger partial charge in [-0.1, -0.05) is 29.8 Å². The van der Waals surface area contributed by atoms with Gasteiger partial charge in [-0.15, -0.1) is 0 Å². The Hall–Kier alpha value is -1.65. The van der Waals surface area contributed by atoms with E-state index in [9.17, 15) is 9.50 Å². The molecular weight excluding hydrogens is 255 g/mol. The molecule has 0 saturated heterocycles. The lowest BCUT2D eigenvalue weighted by Gasteiger charge is -2.13. The van der Waals surface area contributed by atoms with Gasteiger partial charge in [-0.3, -0.25) is 0 Å². The van der Waals surface area contributed by atoms with Crippen LogP contribution in [-0.4, -0.2) is 16.6 Å². The third kappa shape index (κ3) is 3.18. The molecule has 0 aliphatic heterocycles. The van der Waals surface area contributed by atoms with Gasteiger partial charge >= 0.3 is 0 Å². The van der Waals surface area contributed by atoms with E-state index >= 15 is 0 Å². The lowest BCUT2D eigenvalue weighted by atomic mass is 10.1. The van der Waals surface area contributed by atoms with Crippen molar-refractivity contribution in [2.45, 2.75) is 6.10 Å². The zero-order valence-electron chi connectivity index (χ0n) is 9.48. The van der Waals surface area contributed by atoms with E-state index in [4.69, 9.17) is 11.6 Å². The van der Waals surface area contributed by atoms with Gasteiger partial charge in [0.25, 0.3) is 0 Å². The number of hydrogen-bond donors (Lipinski definition) is 2. The number of halogens is 2. The average Bonchev–Trinajstić information content (AvgIpc) is 2.38. The van der Waals surface area contributed by atoms with E-state index in [1.54, 1.807) is 30.3 Å². The third-order valence-electron chi connectivity index (χ3n) is 2.47. The van der Waals surface area contributed by atoms with Gasteiger partial charge in [-0.25, -0.2) is 9.37 Å². The Balaban J connectivity index is 1.98. The molecule has 0 aliphatic carbocycles. The van der Waals surface area contributed by atoms with Crippen LogP contribution in [0.3, 0.4) is 0 Å². The summed E-state index contributed by atoms with van der Waals surface area (Å²) < 4.78 is 13.4. The van der Waals surface area contributed by atoms with Crippen LogP contribution in [0.5, 0.6) is 0 Å². The summed E-state index contributed by atoms with van der Waals surface area (Å²) >= 11 is 5.70. The fourth-order valence-corrected chi connectivity index (χ4v) is 1.65. The van der Waals surface area contributed by atoms with Crippen LogP contribution in [-0.2, 0) is 0 Å². The molecule has 2 N–H and O–H groups in total. The molecule has 18 heavy (non-hydrogen) atoms. The van der Waals surface area contributed by atoms with Crippen molar-refractivity contribution in [1.29, 1.82) is 0 Å². The second-order valence-electron chi connectivity index (χ2n) is 3.78. The molecule has 1 aromatic heterocycles. The number of anilines is 1. The minimum absolute atomic E-state index is 0.176. The van der Waals surface area contributed by atoms with Crippen molar-refractivity contribution in [1.82, 2.24) is 4.98 Å². The molecule has 94 valence electrons. The Morgan fingerprint density at radius 2 is 2.06 bits per heavy atom. The van der Waals surface area contributed by atoms with E-state index in [0.717, 1.165) is 0 Å². The molecule has 0 bridgehead atoms. The highest BCUT2D eigenvalue weighted by atomic mass is 35.5.